The number of carbonyl (C=O) groups excluding carboxylic acids is 1. The molecule has 1 unspecified atom stereocenters. The molecular weight excluding hydrogens is 218 g/mol. The van der Waals surface area contributed by atoms with Gasteiger partial charge in [-0.05, 0) is 18.4 Å². The lowest BCUT2D eigenvalue weighted by molar-refractivity contribution is -0.138. The lowest BCUT2D eigenvalue weighted by Crippen LogP contribution is -2.30. The summed E-state index contributed by atoms with van der Waals surface area (Å²) >= 11 is 0. The molecular formula is C13H13NO3. The molecule has 1 atom stereocenters. The zero-order valence-corrected chi connectivity index (χ0v) is 9.43. The molecule has 1 rings (SSSR count). The van der Waals surface area contributed by atoms with Gasteiger partial charge in [0.1, 0.15) is 0 Å². The maximum absolute atomic E-state index is 11.1. The first-order chi connectivity index (χ1) is 8.15. The van der Waals surface area contributed by atoms with E-state index in [-0.39, 0.29) is 6.54 Å². The Labute approximate surface area is 99.7 Å². The molecule has 0 fully saturated rings. The number of hydrogen-bond acceptors (Lipinski definition) is 2. The predicted octanol–water partition coefficient (Wildman–Crippen LogP) is 0.994. The standard InChI is InChI=1S/C13H13NO3/c1-2-6-12(15)14-9-11(13(16)17)10-7-4-3-5-8-10/h3-5,7-8,11H,9H2,1H3,(H,14,15)(H,16,17). The number of carboxylic acid groups (broad SMARTS) is 1. The fourth-order valence-corrected chi connectivity index (χ4v) is 1.39. The number of amides is 1. The van der Waals surface area contributed by atoms with Crippen LogP contribution in [0.2, 0.25) is 0 Å². The van der Waals surface area contributed by atoms with Crippen LogP contribution >= 0.6 is 0 Å². The highest BCUT2D eigenvalue weighted by Gasteiger charge is 2.19. The van der Waals surface area contributed by atoms with Crippen molar-refractivity contribution in [2.75, 3.05) is 6.54 Å². The zero-order chi connectivity index (χ0) is 12.7. The molecule has 17 heavy (non-hydrogen) atoms. The van der Waals surface area contributed by atoms with Gasteiger partial charge in [-0.3, -0.25) is 9.59 Å². The van der Waals surface area contributed by atoms with Crippen molar-refractivity contribution in [1.29, 1.82) is 0 Å². The number of carbonyl (C=O) groups is 2. The first-order valence-electron chi connectivity index (χ1n) is 5.13. The van der Waals surface area contributed by atoms with Crippen LogP contribution < -0.4 is 5.32 Å². The van der Waals surface area contributed by atoms with Crippen LogP contribution in [0.5, 0.6) is 0 Å². The maximum Gasteiger partial charge on any atom is 0.312 e. The summed E-state index contributed by atoms with van der Waals surface area (Å²) in [6.45, 7) is 1.58. The van der Waals surface area contributed by atoms with Gasteiger partial charge in [-0.25, -0.2) is 0 Å². The van der Waals surface area contributed by atoms with Gasteiger partial charge in [0.05, 0.1) is 5.92 Å². The zero-order valence-electron chi connectivity index (χ0n) is 9.43. The van der Waals surface area contributed by atoms with Crippen LogP contribution in [0.1, 0.15) is 18.4 Å². The highest BCUT2D eigenvalue weighted by Crippen LogP contribution is 2.14. The third-order valence-corrected chi connectivity index (χ3v) is 2.21. The van der Waals surface area contributed by atoms with Crippen LogP contribution in [0.3, 0.4) is 0 Å². The predicted molar refractivity (Wildman–Crippen MR) is 63.3 cm³/mol. The summed E-state index contributed by atoms with van der Waals surface area (Å²) in [6, 6.07) is 8.77. The summed E-state index contributed by atoms with van der Waals surface area (Å²) in [6.07, 6.45) is 0. The van der Waals surface area contributed by atoms with Gasteiger partial charge in [0.2, 0.25) is 0 Å². The molecule has 0 saturated carbocycles. The first-order valence-corrected chi connectivity index (χ1v) is 5.13. The number of nitrogens with one attached hydrogen (secondary N) is 1. The van der Waals surface area contributed by atoms with E-state index in [1.807, 2.05) is 6.07 Å². The van der Waals surface area contributed by atoms with Crippen molar-refractivity contribution >= 4 is 11.9 Å². The Kier molecular flexibility index (Phi) is 4.77. The molecule has 4 heteroatoms. The Bertz CT molecular complexity index is 457. The van der Waals surface area contributed by atoms with E-state index >= 15 is 0 Å². The van der Waals surface area contributed by atoms with Gasteiger partial charge in [0.25, 0.3) is 5.91 Å². The average molecular weight is 231 g/mol. The minimum Gasteiger partial charge on any atom is -0.481 e. The number of aliphatic carboxylic acids is 1. The van der Waals surface area contributed by atoms with E-state index in [1.54, 1.807) is 31.2 Å². The lowest BCUT2D eigenvalue weighted by atomic mass is 9.99. The van der Waals surface area contributed by atoms with E-state index in [0.29, 0.717) is 5.56 Å². The largest absolute Gasteiger partial charge is 0.481 e. The summed E-state index contributed by atoms with van der Waals surface area (Å²) in [5.41, 5.74) is 0.657. The van der Waals surface area contributed by atoms with Gasteiger partial charge in [-0.1, -0.05) is 36.3 Å². The van der Waals surface area contributed by atoms with Crippen LogP contribution in [-0.4, -0.2) is 23.5 Å². The second kappa shape index (κ2) is 6.33. The molecule has 2 N–H and O–H groups in total. The molecule has 0 saturated heterocycles. The molecule has 0 aromatic heterocycles. The third-order valence-electron chi connectivity index (χ3n) is 2.21. The minimum atomic E-state index is -0.971. The van der Waals surface area contributed by atoms with Gasteiger partial charge in [-0.15, -0.1) is 0 Å². The fourth-order valence-electron chi connectivity index (χ4n) is 1.39. The summed E-state index contributed by atoms with van der Waals surface area (Å²) < 4.78 is 0. The molecule has 88 valence electrons. The van der Waals surface area contributed by atoms with Crippen LogP contribution in [-0.2, 0) is 9.59 Å². The van der Waals surface area contributed by atoms with Gasteiger partial charge >= 0.3 is 5.97 Å². The SMILES string of the molecule is CC#CC(=O)NCC(C(=O)O)c1ccccc1. The maximum atomic E-state index is 11.1. The van der Waals surface area contributed by atoms with Gasteiger partial charge < -0.3 is 10.4 Å². The molecule has 1 aromatic rings. The van der Waals surface area contributed by atoms with E-state index in [0.717, 1.165) is 0 Å². The van der Waals surface area contributed by atoms with Crippen LogP contribution in [0.15, 0.2) is 30.3 Å². The number of hydrogen-bond donors (Lipinski definition) is 2. The Balaban J connectivity index is 2.71. The van der Waals surface area contributed by atoms with Crippen molar-refractivity contribution in [2.45, 2.75) is 12.8 Å². The van der Waals surface area contributed by atoms with Gasteiger partial charge in [0.15, 0.2) is 0 Å². The van der Waals surface area contributed by atoms with Crippen molar-refractivity contribution in [3.8, 4) is 11.8 Å². The van der Waals surface area contributed by atoms with Gasteiger partial charge in [-0.2, -0.15) is 0 Å². The molecule has 1 amide bonds. The average Bonchev–Trinajstić information content (AvgIpc) is 2.30. The molecule has 0 heterocycles. The Morgan fingerprint density at radius 2 is 2.00 bits per heavy atom. The van der Waals surface area contributed by atoms with Gasteiger partial charge in [0, 0.05) is 6.54 Å². The summed E-state index contributed by atoms with van der Waals surface area (Å²) in [4.78, 5) is 22.2. The van der Waals surface area contributed by atoms with Crippen LogP contribution in [0.25, 0.3) is 0 Å². The molecule has 0 aliphatic rings. The number of benzene rings is 1. The Morgan fingerprint density at radius 1 is 1.35 bits per heavy atom. The van der Waals surface area contributed by atoms with E-state index in [9.17, 15) is 9.59 Å². The quantitative estimate of drug-likeness (QED) is 0.759. The van der Waals surface area contributed by atoms with Crippen molar-refractivity contribution in [1.82, 2.24) is 5.32 Å². The highest BCUT2D eigenvalue weighted by atomic mass is 16.4. The lowest BCUT2D eigenvalue weighted by Gasteiger charge is -2.12. The van der Waals surface area contributed by atoms with Crippen molar-refractivity contribution < 1.29 is 14.7 Å². The molecule has 0 radical (unpaired) electrons. The van der Waals surface area contributed by atoms with E-state index in [4.69, 9.17) is 5.11 Å². The first kappa shape index (κ1) is 12.8. The van der Waals surface area contributed by atoms with Crippen molar-refractivity contribution in [3.05, 3.63) is 35.9 Å². The van der Waals surface area contributed by atoms with E-state index < -0.39 is 17.8 Å². The fraction of sp³-hybridized carbons (Fsp3) is 0.231. The van der Waals surface area contributed by atoms with Crippen LogP contribution in [0, 0.1) is 11.8 Å². The van der Waals surface area contributed by atoms with Crippen LogP contribution in [0.4, 0.5) is 0 Å². The summed E-state index contributed by atoms with van der Waals surface area (Å²) in [7, 11) is 0. The molecule has 4 nitrogen and oxygen atoms in total. The Morgan fingerprint density at radius 3 is 2.53 bits per heavy atom. The van der Waals surface area contributed by atoms with Crippen molar-refractivity contribution in [3.63, 3.8) is 0 Å². The topological polar surface area (TPSA) is 66.4 Å². The summed E-state index contributed by atoms with van der Waals surface area (Å²) in [5, 5.41) is 11.6. The Hall–Kier alpha value is -2.28. The number of rotatable bonds is 4. The molecule has 0 aliphatic heterocycles. The van der Waals surface area contributed by atoms with Crippen molar-refractivity contribution in [2.24, 2.45) is 0 Å². The molecule has 0 spiro atoms. The summed E-state index contributed by atoms with van der Waals surface area (Å²) in [5.74, 6) is 2.56. The molecule has 0 aliphatic carbocycles. The highest BCUT2D eigenvalue weighted by molar-refractivity contribution is 5.93. The van der Waals surface area contributed by atoms with E-state index in [1.165, 1.54) is 0 Å². The molecule has 0 bridgehead atoms. The third kappa shape index (κ3) is 3.99. The smallest absolute Gasteiger partial charge is 0.312 e. The number of carboxylic acids is 1. The minimum absolute atomic E-state index is 0.0346. The van der Waals surface area contributed by atoms with E-state index in [2.05, 4.69) is 17.2 Å². The second-order valence-corrected chi connectivity index (χ2v) is 3.39. The normalized spacial score (nSPS) is 10.9. The second-order valence-electron chi connectivity index (χ2n) is 3.39. The monoisotopic (exact) mass is 231 g/mol. The molecule has 1 aromatic carbocycles.